The summed E-state index contributed by atoms with van der Waals surface area (Å²) in [6, 6.07) is 39.0. The minimum atomic E-state index is 0.319. The van der Waals surface area contributed by atoms with Crippen LogP contribution in [-0.4, -0.2) is 14.5 Å². The van der Waals surface area contributed by atoms with E-state index < -0.39 is 0 Å². The molecule has 49 heavy (non-hydrogen) atoms. The van der Waals surface area contributed by atoms with Crippen LogP contribution in [0.4, 0.5) is 0 Å². The van der Waals surface area contributed by atoms with E-state index in [4.69, 9.17) is 14.4 Å². The van der Waals surface area contributed by atoms with Crippen molar-refractivity contribution >= 4 is 33.0 Å². The zero-order valence-corrected chi connectivity index (χ0v) is 29.3. The fourth-order valence-corrected chi connectivity index (χ4v) is 7.41. The van der Waals surface area contributed by atoms with Gasteiger partial charge in [-0.2, -0.15) is 0 Å². The number of imidazole rings is 1. The smallest absolute Gasteiger partial charge is 0.149 e. The van der Waals surface area contributed by atoms with Gasteiger partial charge in [0.1, 0.15) is 17.0 Å². The van der Waals surface area contributed by atoms with Crippen LogP contribution in [0.15, 0.2) is 114 Å². The van der Waals surface area contributed by atoms with Gasteiger partial charge in [-0.05, 0) is 95.8 Å². The number of rotatable bonds is 6. The molecule has 4 heteroatoms. The molecule has 0 aliphatic rings. The fourth-order valence-electron chi connectivity index (χ4n) is 7.41. The van der Waals surface area contributed by atoms with Gasteiger partial charge >= 0.3 is 0 Å². The zero-order valence-electron chi connectivity index (χ0n) is 29.3. The number of aryl methyl sites for hydroxylation is 3. The Balaban J connectivity index is 1.39. The first-order valence-electron chi connectivity index (χ1n) is 17.3. The van der Waals surface area contributed by atoms with Crippen LogP contribution >= 0.6 is 0 Å². The largest absolute Gasteiger partial charge is 0.455 e. The van der Waals surface area contributed by atoms with Crippen LogP contribution in [-0.2, 0) is 0 Å². The number of hydrogen-bond donors (Lipinski definition) is 0. The van der Waals surface area contributed by atoms with E-state index in [1.807, 2.05) is 0 Å². The lowest BCUT2D eigenvalue weighted by Gasteiger charge is -2.23. The second kappa shape index (κ2) is 11.9. The van der Waals surface area contributed by atoms with Crippen LogP contribution in [0.25, 0.3) is 72.3 Å². The first-order valence-corrected chi connectivity index (χ1v) is 17.3. The number of pyridine rings is 1. The minimum Gasteiger partial charge on any atom is -0.455 e. The molecule has 242 valence electrons. The molecule has 3 aromatic heterocycles. The summed E-state index contributed by atoms with van der Waals surface area (Å²) < 4.78 is 9.26. The SMILES string of the molecule is Cc1nc(C)c2c(nc(-c3cccc4c3oc3cc(-c5cccc(-c6ccccc6)c5)ccc34)n2-c2c(C(C)C)cccc2C(C)C)c1C. The van der Waals surface area contributed by atoms with E-state index in [1.165, 1.54) is 27.9 Å². The van der Waals surface area contributed by atoms with Gasteiger partial charge in [0.15, 0.2) is 0 Å². The predicted molar refractivity (Wildman–Crippen MR) is 205 cm³/mol. The highest BCUT2D eigenvalue weighted by molar-refractivity contribution is 6.10. The molecule has 0 atom stereocenters. The van der Waals surface area contributed by atoms with Crippen molar-refractivity contribution in [2.24, 2.45) is 0 Å². The number of para-hydroxylation sites is 2. The average molecular weight is 640 g/mol. The van der Waals surface area contributed by atoms with Crippen LogP contribution in [0.1, 0.15) is 67.6 Å². The zero-order chi connectivity index (χ0) is 34.0. The van der Waals surface area contributed by atoms with Crippen LogP contribution in [0, 0.1) is 20.8 Å². The van der Waals surface area contributed by atoms with Gasteiger partial charge in [0.25, 0.3) is 0 Å². The molecule has 0 radical (unpaired) electrons. The van der Waals surface area contributed by atoms with Gasteiger partial charge in [-0.1, -0.05) is 113 Å². The minimum absolute atomic E-state index is 0.319. The molecule has 8 rings (SSSR count). The second-order valence-corrected chi connectivity index (χ2v) is 13.9. The summed E-state index contributed by atoms with van der Waals surface area (Å²) in [5, 5.41) is 2.18. The molecule has 3 heterocycles. The van der Waals surface area contributed by atoms with Gasteiger partial charge in [-0.15, -0.1) is 0 Å². The van der Waals surface area contributed by atoms with Gasteiger partial charge in [-0.3, -0.25) is 9.55 Å². The highest BCUT2D eigenvalue weighted by Gasteiger charge is 2.26. The second-order valence-electron chi connectivity index (χ2n) is 13.9. The third-order valence-electron chi connectivity index (χ3n) is 10.1. The predicted octanol–water partition coefficient (Wildman–Crippen LogP) is 12.5. The monoisotopic (exact) mass is 639 g/mol. The van der Waals surface area contributed by atoms with E-state index in [0.717, 1.165) is 72.4 Å². The average Bonchev–Trinajstić information content (AvgIpc) is 3.70. The first kappa shape index (κ1) is 30.8. The van der Waals surface area contributed by atoms with Crippen molar-refractivity contribution in [1.82, 2.24) is 14.5 Å². The van der Waals surface area contributed by atoms with E-state index in [2.05, 4.69) is 162 Å². The molecular weight excluding hydrogens is 599 g/mol. The van der Waals surface area contributed by atoms with E-state index >= 15 is 0 Å². The maximum atomic E-state index is 6.87. The van der Waals surface area contributed by atoms with Crippen LogP contribution in [0.3, 0.4) is 0 Å². The summed E-state index contributed by atoms with van der Waals surface area (Å²) in [4.78, 5) is 10.5. The van der Waals surface area contributed by atoms with Crippen molar-refractivity contribution in [1.29, 1.82) is 0 Å². The molecule has 0 saturated carbocycles. The maximum absolute atomic E-state index is 6.87. The lowest BCUT2D eigenvalue weighted by molar-refractivity contribution is 0.669. The third kappa shape index (κ3) is 5.05. The number of benzene rings is 5. The summed E-state index contributed by atoms with van der Waals surface area (Å²) >= 11 is 0. The fraction of sp³-hybridized carbons (Fsp3) is 0.200. The molecule has 0 N–H and O–H groups in total. The number of fused-ring (bicyclic) bond motifs is 4. The van der Waals surface area contributed by atoms with Crippen molar-refractivity contribution in [2.75, 3.05) is 0 Å². The molecule has 0 aliphatic carbocycles. The Bertz CT molecular complexity index is 2510. The van der Waals surface area contributed by atoms with Crippen molar-refractivity contribution < 1.29 is 4.42 Å². The van der Waals surface area contributed by atoms with Gasteiger partial charge in [-0.25, -0.2) is 4.98 Å². The van der Waals surface area contributed by atoms with Crippen molar-refractivity contribution in [2.45, 2.75) is 60.3 Å². The topological polar surface area (TPSA) is 43.9 Å². The summed E-state index contributed by atoms with van der Waals surface area (Å²) in [7, 11) is 0. The number of aromatic nitrogens is 3. The molecule has 0 fully saturated rings. The van der Waals surface area contributed by atoms with Gasteiger partial charge in [0, 0.05) is 16.5 Å². The summed E-state index contributed by atoms with van der Waals surface area (Å²) in [6.45, 7) is 15.4. The highest BCUT2D eigenvalue weighted by Crippen LogP contribution is 2.42. The van der Waals surface area contributed by atoms with E-state index in [-0.39, 0.29) is 0 Å². The molecule has 4 nitrogen and oxygen atoms in total. The van der Waals surface area contributed by atoms with Crippen LogP contribution in [0.2, 0.25) is 0 Å². The van der Waals surface area contributed by atoms with E-state index in [0.29, 0.717) is 11.8 Å². The molecule has 0 unspecified atom stereocenters. The first-order chi connectivity index (χ1) is 23.7. The molecule has 0 bridgehead atoms. The summed E-state index contributed by atoms with van der Waals surface area (Å²) in [5.74, 6) is 1.52. The van der Waals surface area contributed by atoms with E-state index in [1.54, 1.807) is 0 Å². The standard InChI is InChI=1S/C45H41N3O/c1-26(2)35-18-12-19-36(27(3)4)43(35)48-42-30(7)46-29(6)28(5)41(42)47-45(48)39-21-13-20-38-37-23-22-34(25-40(37)49-44(38)39)33-17-11-16-32(24-33)31-14-9-8-10-15-31/h8-27H,1-7H3. The normalized spacial score (nSPS) is 11.9. The summed E-state index contributed by atoms with van der Waals surface area (Å²) in [5.41, 5.74) is 16.3. The number of hydrogen-bond acceptors (Lipinski definition) is 3. The lowest BCUT2D eigenvalue weighted by atomic mass is 9.92. The Hall–Kier alpha value is -5.48. The van der Waals surface area contributed by atoms with Gasteiger partial charge in [0.05, 0.1) is 28.0 Å². The van der Waals surface area contributed by atoms with E-state index in [9.17, 15) is 0 Å². The lowest BCUT2D eigenvalue weighted by Crippen LogP contribution is -2.09. The summed E-state index contributed by atoms with van der Waals surface area (Å²) in [6.07, 6.45) is 0. The molecule has 0 aliphatic heterocycles. The van der Waals surface area contributed by atoms with Gasteiger partial charge in [0.2, 0.25) is 0 Å². The van der Waals surface area contributed by atoms with Crippen molar-refractivity contribution in [3.8, 4) is 39.3 Å². The highest BCUT2D eigenvalue weighted by atomic mass is 16.3. The van der Waals surface area contributed by atoms with Gasteiger partial charge < -0.3 is 4.42 Å². The molecule has 8 aromatic rings. The van der Waals surface area contributed by atoms with Crippen LogP contribution in [0.5, 0.6) is 0 Å². The Morgan fingerprint density at radius 1 is 0.571 bits per heavy atom. The molecule has 0 amide bonds. The molecule has 5 aromatic carbocycles. The Morgan fingerprint density at radius 2 is 1.20 bits per heavy atom. The molecular formula is C45H41N3O. The Labute approximate surface area is 288 Å². The van der Waals surface area contributed by atoms with Crippen LogP contribution < -0.4 is 0 Å². The third-order valence-corrected chi connectivity index (χ3v) is 10.1. The number of furan rings is 1. The Kier molecular flexibility index (Phi) is 7.48. The van der Waals surface area contributed by atoms with Crippen molar-refractivity contribution in [3.05, 3.63) is 137 Å². The van der Waals surface area contributed by atoms with Crippen molar-refractivity contribution in [3.63, 3.8) is 0 Å². The maximum Gasteiger partial charge on any atom is 0.149 e. The number of nitrogens with zero attached hydrogens (tertiary/aromatic N) is 3. The quantitative estimate of drug-likeness (QED) is 0.182. The molecule has 0 spiro atoms. The Morgan fingerprint density at radius 3 is 1.92 bits per heavy atom. The molecule has 0 saturated heterocycles.